The average Bonchev–Trinajstić information content (AvgIpc) is 3.16. The predicted molar refractivity (Wildman–Crippen MR) is 100 cm³/mol. The topological polar surface area (TPSA) is 65.0 Å². The Balaban J connectivity index is 1.94. The van der Waals surface area contributed by atoms with Crippen molar-refractivity contribution >= 4 is 15.8 Å². The molecule has 0 spiro atoms. The Morgan fingerprint density at radius 1 is 1.21 bits per heavy atom. The summed E-state index contributed by atoms with van der Waals surface area (Å²) in [4.78, 5) is 9.47. The second-order valence-electron chi connectivity index (χ2n) is 7.80. The van der Waals surface area contributed by atoms with Gasteiger partial charge in [-0.2, -0.15) is 0 Å². The predicted octanol–water partition coefficient (Wildman–Crippen LogP) is 1.34. The molecule has 0 aromatic carbocycles. The highest BCUT2D eigenvalue weighted by Gasteiger charge is 2.31. The van der Waals surface area contributed by atoms with Crippen molar-refractivity contribution in [3.05, 3.63) is 0 Å². The highest BCUT2D eigenvalue weighted by Crippen LogP contribution is 2.20. The molecule has 0 aromatic rings. The minimum Gasteiger partial charge on any atom is -0.357 e. The van der Waals surface area contributed by atoms with Crippen LogP contribution in [0.4, 0.5) is 0 Å². The first-order valence-corrected chi connectivity index (χ1v) is 10.9. The van der Waals surface area contributed by atoms with Gasteiger partial charge in [-0.3, -0.25) is 9.89 Å². The minimum atomic E-state index is -3.12. The maximum absolute atomic E-state index is 12.2. The number of nitrogens with zero attached hydrogens (tertiary/aromatic N) is 3. The van der Waals surface area contributed by atoms with Crippen LogP contribution < -0.4 is 5.32 Å². The molecule has 0 radical (unpaired) electrons. The molecular formula is C17H34N4O2S. The maximum atomic E-state index is 12.2. The largest absolute Gasteiger partial charge is 0.357 e. The third-order valence-electron chi connectivity index (χ3n) is 5.01. The van der Waals surface area contributed by atoms with E-state index in [0.29, 0.717) is 12.6 Å². The summed E-state index contributed by atoms with van der Waals surface area (Å²) in [5, 5.41) is 3.32. The van der Waals surface area contributed by atoms with Crippen LogP contribution in [0.3, 0.4) is 0 Å². The maximum Gasteiger partial charge on any atom is 0.193 e. The first-order chi connectivity index (χ1) is 11.2. The lowest BCUT2D eigenvalue weighted by molar-refractivity contribution is 0.249. The molecule has 2 rings (SSSR count). The van der Waals surface area contributed by atoms with Gasteiger partial charge in [0.05, 0.1) is 17.0 Å². The standard InChI is InChI=1S/C17H34N4O2S/c1-5-18-16(19-9-13-24(22,23)17(2,3)4)21-12-8-15(14-21)20-10-6-7-11-20/h15H,5-14H2,1-4H3,(H,18,19). The van der Waals surface area contributed by atoms with E-state index >= 15 is 0 Å². The Kier molecular flexibility index (Phi) is 6.53. The van der Waals surface area contributed by atoms with E-state index in [1.165, 1.54) is 32.4 Å². The average molecular weight is 359 g/mol. The van der Waals surface area contributed by atoms with Gasteiger partial charge in [-0.1, -0.05) is 0 Å². The van der Waals surface area contributed by atoms with Crippen molar-refractivity contribution in [1.82, 2.24) is 15.1 Å². The summed E-state index contributed by atoms with van der Waals surface area (Å²) in [6.07, 6.45) is 3.80. The Hall–Kier alpha value is -0.820. The van der Waals surface area contributed by atoms with E-state index in [1.807, 2.05) is 0 Å². The van der Waals surface area contributed by atoms with Gasteiger partial charge in [-0.25, -0.2) is 8.42 Å². The SMILES string of the molecule is CCNC(=NCCS(=O)(=O)C(C)(C)C)N1CCC(N2CCCC2)C1. The molecule has 1 atom stereocenters. The van der Waals surface area contributed by atoms with Crippen LogP contribution in [0.5, 0.6) is 0 Å². The third kappa shape index (κ3) is 4.85. The van der Waals surface area contributed by atoms with Crippen molar-refractivity contribution in [1.29, 1.82) is 0 Å². The molecular weight excluding hydrogens is 324 g/mol. The van der Waals surface area contributed by atoms with E-state index in [2.05, 4.69) is 27.0 Å². The molecule has 2 aliphatic rings. The molecule has 2 fully saturated rings. The molecule has 0 aromatic heterocycles. The summed E-state index contributed by atoms with van der Waals surface area (Å²) in [5.41, 5.74) is 0. The molecule has 1 unspecified atom stereocenters. The van der Waals surface area contributed by atoms with Gasteiger partial charge < -0.3 is 10.2 Å². The van der Waals surface area contributed by atoms with Crippen molar-refractivity contribution in [3.63, 3.8) is 0 Å². The van der Waals surface area contributed by atoms with Crippen LogP contribution in [0.25, 0.3) is 0 Å². The zero-order valence-corrected chi connectivity index (χ0v) is 16.5. The third-order valence-corrected chi connectivity index (χ3v) is 7.60. The number of guanidine groups is 1. The Labute approximate surface area is 147 Å². The van der Waals surface area contributed by atoms with Crippen LogP contribution in [-0.2, 0) is 9.84 Å². The molecule has 0 bridgehead atoms. The fourth-order valence-electron chi connectivity index (χ4n) is 3.34. The quantitative estimate of drug-likeness (QED) is 0.593. The zero-order valence-electron chi connectivity index (χ0n) is 15.7. The van der Waals surface area contributed by atoms with Crippen LogP contribution in [0.2, 0.25) is 0 Å². The van der Waals surface area contributed by atoms with E-state index in [0.717, 1.165) is 25.6 Å². The molecule has 140 valence electrons. The van der Waals surface area contributed by atoms with Crippen molar-refractivity contribution in [2.45, 2.75) is 57.7 Å². The van der Waals surface area contributed by atoms with E-state index < -0.39 is 14.6 Å². The second kappa shape index (κ2) is 8.04. The van der Waals surface area contributed by atoms with Gasteiger partial charge in [-0.15, -0.1) is 0 Å². The lowest BCUT2D eigenvalue weighted by Crippen LogP contribution is -2.43. The normalized spacial score (nSPS) is 23.9. The van der Waals surface area contributed by atoms with Crippen molar-refractivity contribution in [3.8, 4) is 0 Å². The number of hydrogen-bond donors (Lipinski definition) is 1. The summed E-state index contributed by atoms with van der Waals surface area (Å²) in [5.74, 6) is 0.970. The summed E-state index contributed by atoms with van der Waals surface area (Å²) in [7, 11) is -3.12. The number of nitrogens with one attached hydrogen (secondary N) is 1. The molecule has 0 aliphatic carbocycles. The van der Waals surface area contributed by atoms with Gasteiger partial charge >= 0.3 is 0 Å². The molecule has 6 nitrogen and oxygen atoms in total. The van der Waals surface area contributed by atoms with Gasteiger partial charge in [0.1, 0.15) is 0 Å². The molecule has 2 aliphatic heterocycles. The molecule has 2 saturated heterocycles. The lowest BCUT2D eigenvalue weighted by atomic mass is 10.2. The molecule has 1 N–H and O–H groups in total. The van der Waals surface area contributed by atoms with Gasteiger partial charge in [0.15, 0.2) is 15.8 Å². The summed E-state index contributed by atoms with van der Waals surface area (Å²) < 4.78 is 23.7. The minimum absolute atomic E-state index is 0.106. The number of sulfone groups is 1. The van der Waals surface area contributed by atoms with Crippen LogP contribution in [0.1, 0.15) is 47.0 Å². The number of rotatable bonds is 5. The van der Waals surface area contributed by atoms with Gasteiger partial charge in [0.2, 0.25) is 0 Å². The smallest absolute Gasteiger partial charge is 0.193 e. The zero-order chi connectivity index (χ0) is 17.8. The van der Waals surface area contributed by atoms with Crippen molar-refractivity contribution < 1.29 is 8.42 Å². The highest BCUT2D eigenvalue weighted by atomic mass is 32.2. The van der Waals surface area contributed by atoms with Crippen LogP contribution in [-0.4, -0.2) is 80.0 Å². The highest BCUT2D eigenvalue weighted by molar-refractivity contribution is 7.92. The summed E-state index contributed by atoms with van der Waals surface area (Å²) in [6, 6.07) is 0.620. The second-order valence-corrected chi connectivity index (χ2v) is 10.7. The first-order valence-electron chi connectivity index (χ1n) is 9.24. The summed E-state index contributed by atoms with van der Waals surface area (Å²) >= 11 is 0. The van der Waals surface area contributed by atoms with E-state index in [4.69, 9.17) is 0 Å². The van der Waals surface area contributed by atoms with Crippen LogP contribution in [0, 0.1) is 0 Å². The fourth-order valence-corrected chi connectivity index (χ4v) is 4.29. The van der Waals surface area contributed by atoms with Crippen molar-refractivity contribution in [2.24, 2.45) is 4.99 Å². The number of aliphatic imine (C=N–C) groups is 1. The van der Waals surface area contributed by atoms with E-state index in [9.17, 15) is 8.42 Å². The molecule has 0 amide bonds. The first kappa shape index (κ1) is 19.5. The van der Waals surface area contributed by atoms with E-state index in [1.54, 1.807) is 20.8 Å². The van der Waals surface area contributed by atoms with Crippen molar-refractivity contribution in [2.75, 3.05) is 45.0 Å². The number of likely N-dealkylation sites (tertiary alicyclic amines) is 2. The monoisotopic (exact) mass is 358 g/mol. The Bertz CT molecular complexity index is 533. The number of hydrogen-bond acceptors (Lipinski definition) is 4. The van der Waals surface area contributed by atoms with Crippen LogP contribution in [0.15, 0.2) is 4.99 Å². The van der Waals surface area contributed by atoms with Gasteiger partial charge in [0.25, 0.3) is 0 Å². The molecule has 2 heterocycles. The van der Waals surface area contributed by atoms with Gasteiger partial charge in [-0.05, 0) is 60.0 Å². The van der Waals surface area contributed by atoms with Crippen LogP contribution >= 0.6 is 0 Å². The molecule has 24 heavy (non-hydrogen) atoms. The Morgan fingerprint density at radius 3 is 2.46 bits per heavy atom. The fraction of sp³-hybridized carbons (Fsp3) is 0.941. The van der Waals surface area contributed by atoms with Gasteiger partial charge in [0, 0.05) is 25.7 Å². The molecule has 7 heteroatoms. The lowest BCUT2D eigenvalue weighted by Gasteiger charge is -2.25. The Morgan fingerprint density at radius 2 is 1.88 bits per heavy atom. The van der Waals surface area contributed by atoms with E-state index in [-0.39, 0.29) is 5.75 Å². The molecule has 0 saturated carbocycles. The summed E-state index contributed by atoms with van der Waals surface area (Å²) in [6.45, 7) is 12.9.